The molecule has 92 valence electrons. The molecular formula is C13H30N2. The predicted molar refractivity (Wildman–Crippen MR) is 69.3 cm³/mol. The van der Waals surface area contributed by atoms with Crippen molar-refractivity contribution in [2.24, 2.45) is 5.92 Å². The van der Waals surface area contributed by atoms with Gasteiger partial charge in [0.2, 0.25) is 0 Å². The Kier molecular flexibility index (Phi) is 7.20. The van der Waals surface area contributed by atoms with E-state index in [4.69, 9.17) is 0 Å². The van der Waals surface area contributed by atoms with Gasteiger partial charge in [0.25, 0.3) is 0 Å². The summed E-state index contributed by atoms with van der Waals surface area (Å²) in [7, 11) is 2.24. The van der Waals surface area contributed by atoms with Gasteiger partial charge in [0.05, 0.1) is 0 Å². The van der Waals surface area contributed by atoms with Gasteiger partial charge < -0.3 is 5.32 Å². The van der Waals surface area contributed by atoms with Crippen LogP contribution in [0.25, 0.3) is 0 Å². The number of nitrogens with one attached hydrogen (secondary N) is 1. The molecule has 2 heteroatoms. The van der Waals surface area contributed by atoms with Crippen molar-refractivity contribution in [1.29, 1.82) is 0 Å². The molecule has 0 amide bonds. The quantitative estimate of drug-likeness (QED) is 0.701. The zero-order valence-corrected chi connectivity index (χ0v) is 11.7. The second kappa shape index (κ2) is 7.24. The van der Waals surface area contributed by atoms with Gasteiger partial charge in [0.15, 0.2) is 0 Å². The molecule has 0 saturated heterocycles. The first-order valence-corrected chi connectivity index (χ1v) is 6.35. The second-order valence-electron chi connectivity index (χ2n) is 5.23. The van der Waals surface area contributed by atoms with E-state index >= 15 is 0 Å². The summed E-state index contributed by atoms with van der Waals surface area (Å²) in [5.41, 5.74) is 0. The van der Waals surface area contributed by atoms with E-state index in [0.717, 1.165) is 12.5 Å². The molecule has 3 unspecified atom stereocenters. The Labute approximate surface area is 96.4 Å². The lowest BCUT2D eigenvalue weighted by Gasteiger charge is -2.35. The van der Waals surface area contributed by atoms with E-state index in [9.17, 15) is 0 Å². The van der Waals surface area contributed by atoms with Crippen LogP contribution in [0.15, 0.2) is 0 Å². The molecule has 0 aromatic carbocycles. The maximum atomic E-state index is 3.49. The van der Waals surface area contributed by atoms with E-state index in [1.165, 1.54) is 6.42 Å². The van der Waals surface area contributed by atoms with Gasteiger partial charge in [-0.2, -0.15) is 0 Å². The standard InChI is InChI=1S/C13H30N2/c1-8-14-12(5)13(6)15(7)11(4)9-10(2)3/h10-14H,8-9H2,1-7H3. The van der Waals surface area contributed by atoms with Gasteiger partial charge >= 0.3 is 0 Å². The second-order valence-corrected chi connectivity index (χ2v) is 5.23. The summed E-state index contributed by atoms with van der Waals surface area (Å²) in [6, 6.07) is 1.83. The summed E-state index contributed by atoms with van der Waals surface area (Å²) in [5.74, 6) is 0.782. The SMILES string of the molecule is CCNC(C)C(C)N(C)C(C)CC(C)C. The molecule has 0 spiro atoms. The maximum Gasteiger partial charge on any atom is 0.0218 e. The van der Waals surface area contributed by atoms with Crippen molar-refractivity contribution in [3.8, 4) is 0 Å². The number of likely N-dealkylation sites (N-methyl/N-ethyl adjacent to an activating group) is 2. The topological polar surface area (TPSA) is 15.3 Å². The highest BCUT2D eigenvalue weighted by atomic mass is 15.2. The Morgan fingerprint density at radius 3 is 2.00 bits per heavy atom. The highest BCUT2D eigenvalue weighted by molar-refractivity contribution is 4.79. The summed E-state index contributed by atoms with van der Waals surface area (Å²) in [5, 5.41) is 3.49. The largest absolute Gasteiger partial charge is 0.313 e. The molecule has 2 nitrogen and oxygen atoms in total. The van der Waals surface area contributed by atoms with Crippen LogP contribution in [0.3, 0.4) is 0 Å². The van der Waals surface area contributed by atoms with Gasteiger partial charge in [-0.05, 0) is 46.7 Å². The summed E-state index contributed by atoms with van der Waals surface area (Å²) in [6.45, 7) is 14.7. The van der Waals surface area contributed by atoms with Gasteiger partial charge in [-0.15, -0.1) is 0 Å². The van der Waals surface area contributed by atoms with E-state index in [-0.39, 0.29) is 0 Å². The lowest BCUT2D eigenvalue weighted by atomic mass is 10.0. The third kappa shape index (κ3) is 5.53. The molecule has 0 aromatic heterocycles. The molecule has 0 aliphatic carbocycles. The Morgan fingerprint density at radius 1 is 1.07 bits per heavy atom. The number of nitrogens with zero attached hydrogens (tertiary/aromatic N) is 1. The summed E-state index contributed by atoms with van der Waals surface area (Å²) in [6.07, 6.45) is 1.28. The summed E-state index contributed by atoms with van der Waals surface area (Å²) >= 11 is 0. The first-order valence-electron chi connectivity index (χ1n) is 6.35. The fourth-order valence-corrected chi connectivity index (χ4v) is 2.10. The van der Waals surface area contributed by atoms with Crippen molar-refractivity contribution in [2.75, 3.05) is 13.6 Å². The Balaban J connectivity index is 4.11. The smallest absolute Gasteiger partial charge is 0.0218 e. The molecule has 0 aromatic rings. The van der Waals surface area contributed by atoms with Crippen molar-refractivity contribution in [3.63, 3.8) is 0 Å². The first kappa shape index (κ1) is 14.9. The van der Waals surface area contributed by atoms with Crippen LogP contribution in [-0.4, -0.2) is 36.6 Å². The molecule has 0 saturated carbocycles. The van der Waals surface area contributed by atoms with E-state index in [2.05, 4.69) is 58.8 Å². The number of rotatable bonds is 7. The Hall–Kier alpha value is -0.0800. The Morgan fingerprint density at radius 2 is 1.60 bits per heavy atom. The molecule has 0 fully saturated rings. The molecule has 0 radical (unpaired) electrons. The molecule has 1 N–H and O–H groups in total. The third-order valence-corrected chi connectivity index (χ3v) is 3.40. The molecule has 15 heavy (non-hydrogen) atoms. The van der Waals surface area contributed by atoms with E-state index in [1.54, 1.807) is 0 Å². The molecule has 0 heterocycles. The summed E-state index contributed by atoms with van der Waals surface area (Å²) < 4.78 is 0. The van der Waals surface area contributed by atoms with Crippen LogP contribution in [0.1, 0.15) is 48.0 Å². The van der Waals surface area contributed by atoms with Crippen molar-refractivity contribution in [3.05, 3.63) is 0 Å². The third-order valence-electron chi connectivity index (χ3n) is 3.40. The van der Waals surface area contributed by atoms with Crippen LogP contribution >= 0.6 is 0 Å². The van der Waals surface area contributed by atoms with Crippen LogP contribution in [0, 0.1) is 5.92 Å². The fraction of sp³-hybridized carbons (Fsp3) is 1.00. The van der Waals surface area contributed by atoms with E-state index in [1.807, 2.05) is 0 Å². The minimum absolute atomic E-state index is 0.564. The van der Waals surface area contributed by atoms with E-state index < -0.39 is 0 Å². The minimum atomic E-state index is 0.564. The van der Waals surface area contributed by atoms with Gasteiger partial charge in [-0.25, -0.2) is 0 Å². The first-order chi connectivity index (χ1) is 6.90. The van der Waals surface area contributed by atoms with Crippen LogP contribution in [0.5, 0.6) is 0 Å². The van der Waals surface area contributed by atoms with Gasteiger partial charge in [0.1, 0.15) is 0 Å². The highest BCUT2D eigenvalue weighted by Crippen LogP contribution is 2.13. The number of hydrogen-bond acceptors (Lipinski definition) is 2. The van der Waals surface area contributed by atoms with Crippen molar-refractivity contribution in [2.45, 2.75) is 66.1 Å². The van der Waals surface area contributed by atoms with Gasteiger partial charge in [-0.3, -0.25) is 4.90 Å². The maximum absolute atomic E-state index is 3.49. The predicted octanol–water partition coefficient (Wildman–Crippen LogP) is 2.74. The number of hydrogen-bond donors (Lipinski definition) is 1. The molecule has 0 aliphatic rings. The molecule has 3 atom stereocenters. The van der Waals surface area contributed by atoms with Crippen LogP contribution in [-0.2, 0) is 0 Å². The lowest BCUT2D eigenvalue weighted by Crippen LogP contribution is -2.48. The molecule has 0 rings (SSSR count). The average molecular weight is 214 g/mol. The normalized spacial score (nSPS) is 18.2. The van der Waals surface area contributed by atoms with Gasteiger partial charge in [-0.1, -0.05) is 20.8 Å². The summed E-state index contributed by atoms with van der Waals surface area (Å²) in [4.78, 5) is 2.49. The van der Waals surface area contributed by atoms with Crippen molar-refractivity contribution in [1.82, 2.24) is 10.2 Å². The zero-order chi connectivity index (χ0) is 12.0. The van der Waals surface area contributed by atoms with Crippen molar-refractivity contribution >= 4 is 0 Å². The highest BCUT2D eigenvalue weighted by Gasteiger charge is 2.20. The van der Waals surface area contributed by atoms with Gasteiger partial charge in [0, 0.05) is 18.1 Å². The van der Waals surface area contributed by atoms with E-state index in [0.29, 0.717) is 18.1 Å². The minimum Gasteiger partial charge on any atom is -0.313 e. The Bertz CT molecular complexity index is 157. The molecular weight excluding hydrogens is 184 g/mol. The van der Waals surface area contributed by atoms with Crippen molar-refractivity contribution < 1.29 is 0 Å². The molecule has 0 bridgehead atoms. The van der Waals surface area contributed by atoms with Crippen LogP contribution in [0.2, 0.25) is 0 Å². The average Bonchev–Trinajstić information content (AvgIpc) is 2.14. The van der Waals surface area contributed by atoms with Crippen LogP contribution in [0.4, 0.5) is 0 Å². The fourth-order valence-electron chi connectivity index (χ4n) is 2.10. The van der Waals surface area contributed by atoms with Crippen LogP contribution < -0.4 is 5.32 Å². The zero-order valence-electron chi connectivity index (χ0n) is 11.7. The monoisotopic (exact) mass is 214 g/mol. The molecule has 0 aliphatic heterocycles. The lowest BCUT2D eigenvalue weighted by molar-refractivity contribution is 0.148.